The molecule has 0 bridgehead atoms. The van der Waals surface area contributed by atoms with Gasteiger partial charge in [-0.25, -0.2) is 0 Å². The fraction of sp³-hybridized carbons (Fsp3) is 0.324. The Hall–Kier alpha value is -7.02. The van der Waals surface area contributed by atoms with Crippen LogP contribution in [0.1, 0.15) is 157 Å². The van der Waals surface area contributed by atoms with Crippen LogP contribution in [0.4, 0.5) is 51.2 Å². The van der Waals surface area contributed by atoms with E-state index in [1.807, 2.05) is 11.3 Å². The van der Waals surface area contributed by atoms with Crippen molar-refractivity contribution in [1.29, 1.82) is 0 Å². The summed E-state index contributed by atoms with van der Waals surface area (Å²) < 4.78 is 9.80. The summed E-state index contributed by atoms with van der Waals surface area (Å²) in [5.74, 6) is 0. The van der Waals surface area contributed by atoms with Crippen molar-refractivity contribution in [1.82, 2.24) is 0 Å². The topological polar surface area (TPSA) is 22.9 Å². The Morgan fingerprint density at radius 2 is 1.02 bits per heavy atom. The normalized spacial score (nSPS) is 15.8. The van der Waals surface area contributed by atoms with Crippen LogP contribution >= 0.6 is 11.3 Å². The molecule has 8 aromatic carbocycles. The Morgan fingerprint density at radius 1 is 0.463 bits per heavy atom. The lowest BCUT2D eigenvalue weighted by Crippen LogP contribution is -2.60. The molecular formula is C74H78BN3OS. The van der Waals surface area contributed by atoms with Crippen molar-refractivity contribution >= 4 is 117 Å². The number of thiophene rings is 1. The van der Waals surface area contributed by atoms with Gasteiger partial charge in [-0.15, -0.1) is 11.3 Å². The smallest absolute Gasteiger partial charge is 0.264 e. The molecular weight excluding hydrogens is 990 g/mol. The van der Waals surface area contributed by atoms with E-state index in [-0.39, 0.29) is 39.2 Å². The molecule has 0 radical (unpaired) electrons. The molecule has 0 atom stereocenters. The Kier molecular flexibility index (Phi) is 11.6. The summed E-state index contributed by atoms with van der Waals surface area (Å²) in [5.41, 5.74) is 23.0. The van der Waals surface area contributed by atoms with Gasteiger partial charge < -0.3 is 19.1 Å². The first-order valence-electron chi connectivity index (χ1n) is 29.2. The highest BCUT2D eigenvalue weighted by Crippen LogP contribution is 2.54. The molecule has 0 saturated carbocycles. The number of para-hydroxylation sites is 2. The maximum absolute atomic E-state index is 7.11. The Bertz CT molecular complexity index is 4070. The molecule has 4 nitrogen and oxygen atoms in total. The molecule has 2 aliphatic heterocycles. The molecule has 0 saturated heterocycles. The second-order valence-electron chi connectivity index (χ2n) is 29.0. The minimum Gasteiger partial charge on any atom is -0.454 e. The van der Waals surface area contributed by atoms with E-state index in [1.165, 1.54) is 88.3 Å². The van der Waals surface area contributed by atoms with Crippen LogP contribution in [0.5, 0.6) is 0 Å². The van der Waals surface area contributed by atoms with Crippen LogP contribution in [0.15, 0.2) is 162 Å². The Labute approximate surface area is 480 Å². The van der Waals surface area contributed by atoms with Gasteiger partial charge in [0, 0.05) is 65.4 Å². The highest BCUT2D eigenvalue weighted by molar-refractivity contribution is 7.33. The quantitative estimate of drug-likeness (QED) is 0.160. The fourth-order valence-electron chi connectivity index (χ4n) is 13.3. The van der Waals surface area contributed by atoms with E-state index in [9.17, 15) is 0 Å². The maximum atomic E-state index is 7.11. The molecule has 0 unspecified atom stereocenters. The summed E-state index contributed by atoms with van der Waals surface area (Å²) in [5, 5.41) is 3.55. The lowest BCUT2D eigenvalue weighted by atomic mass is 9.36. The van der Waals surface area contributed by atoms with Gasteiger partial charge in [-0.2, -0.15) is 0 Å². The van der Waals surface area contributed by atoms with Crippen LogP contribution in [0.3, 0.4) is 0 Å². The summed E-state index contributed by atoms with van der Waals surface area (Å²) in [7, 11) is 0. The van der Waals surface area contributed by atoms with Gasteiger partial charge in [-0.1, -0.05) is 184 Å². The van der Waals surface area contributed by atoms with E-state index >= 15 is 0 Å². The number of rotatable bonds is 5. The summed E-state index contributed by atoms with van der Waals surface area (Å²) in [6.45, 7) is 37.7. The molecule has 4 heterocycles. The molecule has 1 aliphatic carbocycles. The lowest BCUT2D eigenvalue weighted by Gasteiger charge is -2.45. The maximum Gasteiger partial charge on any atom is 0.264 e. The minimum absolute atomic E-state index is 0.0165. The monoisotopic (exact) mass is 1070 g/mol. The van der Waals surface area contributed by atoms with E-state index in [1.54, 1.807) is 0 Å². The molecule has 0 spiro atoms. The average molecular weight is 1070 g/mol. The van der Waals surface area contributed by atoms with Gasteiger partial charge in [-0.3, -0.25) is 0 Å². The number of furan rings is 1. The number of nitrogens with zero attached hydrogens (tertiary/aromatic N) is 3. The predicted octanol–water partition coefficient (Wildman–Crippen LogP) is 19.9. The zero-order valence-corrected chi connectivity index (χ0v) is 51.0. The molecule has 0 N–H and O–H groups in total. The summed E-state index contributed by atoms with van der Waals surface area (Å²) in [6.07, 6.45) is 2.32. The zero-order chi connectivity index (χ0) is 56.4. The summed E-state index contributed by atoms with van der Waals surface area (Å²) >= 11 is 1.98. The third-order valence-electron chi connectivity index (χ3n) is 18.3. The Morgan fingerprint density at radius 3 is 1.65 bits per heavy atom. The number of anilines is 9. The van der Waals surface area contributed by atoms with Crippen molar-refractivity contribution < 1.29 is 4.42 Å². The molecule has 404 valence electrons. The number of hydrogen-bond donors (Lipinski definition) is 0. The van der Waals surface area contributed by atoms with Crippen LogP contribution < -0.4 is 30.4 Å². The van der Waals surface area contributed by atoms with Crippen LogP contribution in [-0.2, 0) is 32.5 Å². The van der Waals surface area contributed by atoms with E-state index < -0.39 is 0 Å². The van der Waals surface area contributed by atoms with Gasteiger partial charge >= 0.3 is 0 Å². The van der Waals surface area contributed by atoms with Crippen LogP contribution in [-0.4, -0.2) is 6.71 Å². The van der Waals surface area contributed by atoms with Crippen molar-refractivity contribution in [3.63, 3.8) is 0 Å². The summed E-state index contributed by atoms with van der Waals surface area (Å²) in [6, 6.07) is 61.1. The van der Waals surface area contributed by atoms with Gasteiger partial charge in [-0.05, 0) is 175 Å². The standard InChI is InChI=1S/C74H78BN3OS/c1-69(2,3)45-24-29-49(30-25-45)76(50-31-26-46(27-32-50)70(4,5)6)52-34-36-58-60(44-52)78(59-22-19-21-54-53-20-17-18-23-63(53)79-67(54)59)62-42-48(72(10,11)12)41-61-65(62)75(58)68-66(55-40-47(71(7,8)9)28-37-64(55)80-68)77(61)51-33-35-56-57(43-51)74(15,16)39-38-73(56,13)14/h17-37,40-44H,38-39H2,1-16H3. The van der Waals surface area contributed by atoms with Crippen molar-refractivity contribution in [2.45, 2.75) is 156 Å². The predicted molar refractivity (Wildman–Crippen MR) is 348 cm³/mol. The van der Waals surface area contributed by atoms with Crippen molar-refractivity contribution in [3.05, 3.63) is 191 Å². The fourth-order valence-corrected chi connectivity index (χ4v) is 14.6. The zero-order valence-electron chi connectivity index (χ0n) is 50.2. The van der Waals surface area contributed by atoms with Gasteiger partial charge in [0.15, 0.2) is 5.58 Å². The second kappa shape index (κ2) is 17.7. The van der Waals surface area contributed by atoms with Crippen molar-refractivity contribution in [2.24, 2.45) is 0 Å². The SMILES string of the molecule is CC(C)(C)c1ccc(N(c2ccc(C(C)(C)C)cc2)c2ccc3c(c2)N(c2cccc4c2oc2ccccc24)c2cc(C(C)(C)C)cc4c2B3c2sc3ccc(C(C)(C)C)cc3c2N4c2ccc3c(c2)C(C)(C)CCC3(C)C)cc1. The van der Waals surface area contributed by atoms with E-state index in [0.29, 0.717) is 0 Å². The molecule has 13 rings (SSSR count). The highest BCUT2D eigenvalue weighted by Gasteiger charge is 2.47. The van der Waals surface area contributed by atoms with Gasteiger partial charge in [0.2, 0.25) is 0 Å². The van der Waals surface area contributed by atoms with Crippen molar-refractivity contribution in [2.75, 3.05) is 14.7 Å². The largest absolute Gasteiger partial charge is 0.454 e. The molecule has 6 heteroatoms. The van der Waals surface area contributed by atoms with Gasteiger partial charge in [0.25, 0.3) is 6.71 Å². The molecule has 0 amide bonds. The van der Waals surface area contributed by atoms with E-state index in [0.717, 1.165) is 56.8 Å². The Balaban J connectivity index is 1.14. The number of benzene rings is 8. The van der Waals surface area contributed by atoms with E-state index in [4.69, 9.17) is 4.42 Å². The van der Waals surface area contributed by atoms with Crippen LogP contribution in [0.25, 0.3) is 32.0 Å². The molecule has 0 fully saturated rings. The van der Waals surface area contributed by atoms with Crippen LogP contribution in [0.2, 0.25) is 0 Å². The third-order valence-corrected chi connectivity index (χ3v) is 19.6. The average Bonchev–Trinajstić information content (AvgIpc) is 4.15. The first kappa shape index (κ1) is 52.4. The third kappa shape index (κ3) is 8.36. The number of fused-ring (bicyclic) bond motifs is 10. The summed E-state index contributed by atoms with van der Waals surface area (Å²) in [4.78, 5) is 7.75. The van der Waals surface area contributed by atoms with E-state index in [2.05, 4.69) is 283 Å². The number of hydrogen-bond acceptors (Lipinski definition) is 5. The second-order valence-corrected chi connectivity index (χ2v) is 30.1. The molecule has 80 heavy (non-hydrogen) atoms. The molecule has 2 aromatic heterocycles. The lowest BCUT2D eigenvalue weighted by molar-refractivity contribution is 0.332. The first-order chi connectivity index (χ1) is 37.7. The molecule has 10 aromatic rings. The van der Waals surface area contributed by atoms with Gasteiger partial charge in [0.05, 0.1) is 11.4 Å². The van der Waals surface area contributed by atoms with Crippen LogP contribution in [0, 0.1) is 0 Å². The van der Waals surface area contributed by atoms with Gasteiger partial charge in [0.1, 0.15) is 5.58 Å². The first-order valence-corrected chi connectivity index (χ1v) is 30.1. The molecule has 3 aliphatic rings. The van der Waals surface area contributed by atoms with Crippen molar-refractivity contribution in [3.8, 4) is 0 Å². The minimum atomic E-state index is -0.195. The highest BCUT2D eigenvalue weighted by atomic mass is 32.1.